The summed E-state index contributed by atoms with van der Waals surface area (Å²) in [6, 6.07) is 3.93. The average molecular weight is 265 g/mol. The van der Waals surface area contributed by atoms with Crippen LogP contribution in [0.15, 0.2) is 12.1 Å². The molecule has 0 bridgehead atoms. The molecular formula is C15H23NO3. The molecule has 106 valence electrons. The van der Waals surface area contributed by atoms with Gasteiger partial charge in [-0.05, 0) is 43.0 Å². The lowest BCUT2D eigenvalue weighted by Crippen LogP contribution is -2.25. The summed E-state index contributed by atoms with van der Waals surface area (Å²) in [6.45, 7) is 4.59. The molecule has 0 aromatic heterocycles. The third kappa shape index (κ3) is 4.47. The van der Waals surface area contributed by atoms with Gasteiger partial charge in [-0.15, -0.1) is 0 Å². The number of ether oxygens (including phenoxy) is 2. The maximum Gasteiger partial charge on any atom is 0.219 e. The highest BCUT2D eigenvalue weighted by Crippen LogP contribution is 2.28. The van der Waals surface area contributed by atoms with E-state index in [2.05, 4.69) is 5.32 Å². The van der Waals surface area contributed by atoms with Crippen LogP contribution in [-0.2, 0) is 11.2 Å². The van der Waals surface area contributed by atoms with Gasteiger partial charge in [0.1, 0.15) is 11.5 Å². The van der Waals surface area contributed by atoms with Crippen molar-refractivity contribution < 1.29 is 14.3 Å². The van der Waals surface area contributed by atoms with E-state index in [-0.39, 0.29) is 5.91 Å². The standard InChI is InChI=1S/C15H23NO3/c1-5-6-15(17)16-8-7-12-10-13(18-3)11(2)9-14(12)19-4/h9-10H,5-8H2,1-4H3,(H,16,17). The number of hydrogen-bond donors (Lipinski definition) is 1. The van der Waals surface area contributed by atoms with Crippen LogP contribution in [0.5, 0.6) is 11.5 Å². The van der Waals surface area contributed by atoms with Crippen molar-refractivity contribution in [3.8, 4) is 11.5 Å². The number of aryl methyl sites for hydroxylation is 1. The highest BCUT2D eigenvalue weighted by Gasteiger charge is 2.09. The Morgan fingerprint density at radius 1 is 1.21 bits per heavy atom. The third-order valence-corrected chi connectivity index (χ3v) is 2.99. The van der Waals surface area contributed by atoms with Crippen LogP contribution in [0, 0.1) is 6.92 Å². The predicted molar refractivity (Wildman–Crippen MR) is 75.9 cm³/mol. The van der Waals surface area contributed by atoms with Crippen molar-refractivity contribution >= 4 is 5.91 Å². The van der Waals surface area contributed by atoms with Crippen molar-refractivity contribution in [2.24, 2.45) is 0 Å². The molecule has 0 heterocycles. The fraction of sp³-hybridized carbons (Fsp3) is 0.533. The topological polar surface area (TPSA) is 47.6 Å². The zero-order valence-corrected chi connectivity index (χ0v) is 12.2. The minimum absolute atomic E-state index is 0.0977. The zero-order valence-electron chi connectivity index (χ0n) is 12.2. The van der Waals surface area contributed by atoms with Crippen LogP contribution in [0.2, 0.25) is 0 Å². The van der Waals surface area contributed by atoms with E-state index < -0.39 is 0 Å². The average Bonchev–Trinajstić information content (AvgIpc) is 2.40. The molecule has 1 amide bonds. The van der Waals surface area contributed by atoms with E-state index in [1.54, 1.807) is 14.2 Å². The van der Waals surface area contributed by atoms with E-state index >= 15 is 0 Å². The molecule has 4 nitrogen and oxygen atoms in total. The van der Waals surface area contributed by atoms with Gasteiger partial charge in [0.15, 0.2) is 0 Å². The van der Waals surface area contributed by atoms with Crippen molar-refractivity contribution in [1.82, 2.24) is 5.32 Å². The Kier molecular flexibility index (Phi) is 6.19. The second-order valence-corrected chi connectivity index (χ2v) is 4.48. The van der Waals surface area contributed by atoms with Gasteiger partial charge in [-0.3, -0.25) is 4.79 Å². The SMILES string of the molecule is CCCC(=O)NCCc1cc(OC)c(C)cc1OC. The highest BCUT2D eigenvalue weighted by molar-refractivity contribution is 5.75. The molecule has 0 saturated carbocycles. The van der Waals surface area contributed by atoms with Crippen molar-refractivity contribution in [1.29, 1.82) is 0 Å². The molecule has 0 aliphatic heterocycles. The van der Waals surface area contributed by atoms with Crippen molar-refractivity contribution in [3.63, 3.8) is 0 Å². The lowest BCUT2D eigenvalue weighted by atomic mass is 10.1. The molecule has 0 spiro atoms. The van der Waals surface area contributed by atoms with Crippen LogP contribution in [0.3, 0.4) is 0 Å². The fourth-order valence-corrected chi connectivity index (χ4v) is 1.96. The summed E-state index contributed by atoms with van der Waals surface area (Å²) in [4.78, 5) is 11.4. The van der Waals surface area contributed by atoms with Gasteiger partial charge in [0.05, 0.1) is 14.2 Å². The molecule has 1 N–H and O–H groups in total. The van der Waals surface area contributed by atoms with Gasteiger partial charge in [0.25, 0.3) is 0 Å². The molecule has 1 aromatic rings. The van der Waals surface area contributed by atoms with Crippen LogP contribution in [0.25, 0.3) is 0 Å². The lowest BCUT2D eigenvalue weighted by molar-refractivity contribution is -0.121. The van der Waals surface area contributed by atoms with Gasteiger partial charge in [-0.1, -0.05) is 6.92 Å². The summed E-state index contributed by atoms with van der Waals surface area (Å²) >= 11 is 0. The van der Waals surface area contributed by atoms with Crippen LogP contribution in [0.4, 0.5) is 0 Å². The number of benzene rings is 1. The summed E-state index contributed by atoms with van der Waals surface area (Å²) < 4.78 is 10.7. The molecule has 19 heavy (non-hydrogen) atoms. The first-order chi connectivity index (χ1) is 9.12. The molecule has 0 aliphatic rings. The number of methoxy groups -OCH3 is 2. The van der Waals surface area contributed by atoms with E-state index in [1.807, 2.05) is 26.0 Å². The predicted octanol–water partition coefficient (Wildman–Crippen LogP) is 2.47. The number of carbonyl (C=O) groups is 1. The first kappa shape index (κ1) is 15.3. The van der Waals surface area contributed by atoms with Gasteiger partial charge in [0.2, 0.25) is 5.91 Å². The summed E-state index contributed by atoms with van der Waals surface area (Å²) in [7, 11) is 3.31. The van der Waals surface area contributed by atoms with Gasteiger partial charge in [-0.25, -0.2) is 0 Å². The Morgan fingerprint density at radius 2 is 1.89 bits per heavy atom. The highest BCUT2D eigenvalue weighted by atomic mass is 16.5. The minimum atomic E-state index is 0.0977. The van der Waals surface area contributed by atoms with E-state index in [9.17, 15) is 4.79 Å². The number of hydrogen-bond acceptors (Lipinski definition) is 3. The Hall–Kier alpha value is -1.71. The molecule has 0 aliphatic carbocycles. The van der Waals surface area contributed by atoms with E-state index in [4.69, 9.17) is 9.47 Å². The van der Waals surface area contributed by atoms with Gasteiger partial charge in [0, 0.05) is 13.0 Å². The molecule has 0 fully saturated rings. The molecule has 0 radical (unpaired) electrons. The normalized spacial score (nSPS) is 10.1. The van der Waals surface area contributed by atoms with E-state index in [1.165, 1.54) is 0 Å². The molecule has 4 heteroatoms. The van der Waals surface area contributed by atoms with Crippen LogP contribution in [0.1, 0.15) is 30.9 Å². The molecule has 0 unspecified atom stereocenters. The first-order valence-corrected chi connectivity index (χ1v) is 6.60. The minimum Gasteiger partial charge on any atom is -0.496 e. The van der Waals surface area contributed by atoms with Crippen LogP contribution >= 0.6 is 0 Å². The molecule has 1 rings (SSSR count). The maximum atomic E-state index is 11.4. The number of amides is 1. The second-order valence-electron chi connectivity index (χ2n) is 4.48. The summed E-state index contributed by atoms with van der Waals surface area (Å²) in [5, 5.41) is 2.90. The Bertz CT molecular complexity index is 430. The monoisotopic (exact) mass is 265 g/mol. The summed E-state index contributed by atoms with van der Waals surface area (Å²) in [6.07, 6.45) is 2.18. The summed E-state index contributed by atoms with van der Waals surface area (Å²) in [5.41, 5.74) is 2.08. The lowest BCUT2D eigenvalue weighted by Gasteiger charge is -2.13. The Labute approximate surface area is 115 Å². The Balaban J connectivity index is 2.68. The first-order valence-electron chi connectivity index (χ1n) is 6.60. The number of nitrogens with one attached hydrogen (secondary N) is 1. The van der Waals surface area contributed by atoms with Gasteiger partial charge in [-0.2, -0.15) is 0 Å². The van der Waals surface area contributed by atoms with Crippen LogP contribution in [-0.4, -0.2) is 26.7 Å². The number of rotatable bonds is 7. The molecule has 0 atom stereocenters. The van der Waals surface area contributed by atoms with E-state index in [0.29, 0.717) is 13.0 Å². The smallest absolute Gasteiger partial charge is 0.219 e. The zero-order chi connectivity index (χ0) is 14.3. The fourth-order valence-electron chi connectivity index (χ4n) is 1.96. The summed E-state index contributed by atoms with van der Waals surface area (Å²) in [5.74, 6) is 1.78. The van der Waals surface area contributed by atoms with Gasteiger partial charge >= 0.3 is 0 Å². The van der Waals surface area contributed by atoms with Crippen molar-refractivity contribution in [2.45, 2.75) is 33.1 Å². The maximum absolute atomic E-state index is 11.4. The van der Waals surface area contributed by atoms with Crippen molar-refractivity contribution in [3.05, 3.63) is 23.3 Å². The van der Waals surface area contributed by atoms with Crippen LogP contribution < -0.4 is 14.8 Å². The number of carbonyl (C=O) groups excluding carboxylic acids is 1. The van der Waals surface area contributed by atoms with E-state index in [0.717, 1.165) is 35.5 Å². The van der Waals surface area contributed by atoms with Gasteiger partial charge < -0.3 is 14.8 Å². The molecule has 1 aromatic carbocycles. The molecular weight excluding hydrogens is 242 g/mol. The largest absolute Gasteiger partial charge is 0.496 e. The van der Waals surface area contributed by atoms with Crippen molar-refractivity contribution in [2.75, 3.05) is 20.8 Å². The quantitative estimate of drug-likeness (QED) is 0.824. The Morgan fingerprint density at radius 3 is 2.47 bits per heavy atom. The second kappa shape index (κ2) is 7.67. The molecule has 0 saturated heterocycles. The third-order valence-electron chi connectivity index (χ3n) is 2.99.